The lowest BCUT2D eigenvalue weighted by molar-refractivity contribution is 0.206. The van der Waals surface area contributed by atoms with Crippen molar-refractivity contribution >= 4 is 0 Å². The van der Waals surface area contributed by atoms with Crippen LogP contribution in [0.5, 0.6) is 11.6 Å². The maximum absolute atomic E-state index is 5.63. The van der Waals surface area contributed by atoms with Gasteiger partial charge in [-0.2, -0.15) is 5.10 Å². The molecule has 1 heterocycles. The van der Waals surface area contributed by atoms with Crippen molar-refractivity contribution in [3.05, 3.63) is 41.6 Å². The van der Waals surface area contributed by atoms with Crippen molar-refractivity contribution in [1.29, 1.82) is 0 Å². The highest BCUT2D eigenvalue weighted by Crippen LogP contribution is 2.13. The summed E-state index contributed by atoms with van der Waals surface area (Å²) in [5.41, 5.74) is 2.19. The van der Waals surface area contributed by atoms with Crippen LogP contribution >= 0.6 is 0 Å². The molecule has 0 aliphatic carbocycles. The predicted molar refractivity (Wildman–Crippen MR) is 78.1 cm³/mol. The molecular weight excluding hydrogens is 254 g/mol. The molecule has 20 heavy (non-hydrogen) atoms. The molecule has 1 N–H and O–H groups in total. The monoisotopic (exact) mass is 275 g/mol. The van der Waals surface area contributed by atoms with Gasteiger partial charge in [0.1, 0.15) is 19.0 Å². The Hall–Kier alpha value is -2.01. The van der Waals surface area contributed by atoms with Crippen LogP contribution in [0.2, 0.25) is 0 Å². The van der Waals surface area contributed by atoms with E-state index in [4.69, 9.17) is 9.47 Å². The fourth-order valence-corrected chi connectivity index (χ4v) is 1.94. The van der Waals surface area contributed by atoms with Gasteiger partial charge in [0.15, 0.2) is 0 Å². The Bertz CT molecular complexity index is 535. The molecule has 0 saturated carbocycles. The lowest BCUT2D eigenvalue weighted by atomic mass is 10.2. The van der Waals surface area contributed by atoms with Gasteiger partial charge in [0.05, 0.1) is 5.69 Å². The standard InChI is InChI=1S/C15H21N3O2/c1-12-10-15(18(3)17-12)20-9-8-19-14-6-4-13(5-7-14)11-16-2/h4-7,10,16H,8-9,11H2,1-3H3. The van der Waals surface area contributed by atoms with Crippen molar-refractivity contribution in [2.45, 2.75) is 13.5 Å². The maximum atomic E-state index is 5.63. The Balaban J connectivity index is 1.74. The first-order chi connectivity index (χ1) is 9.69. The molecule has 108 valence electrons. The summed E-state index contributed by atoms with van der Waals surface area (Å²) < 4.78 is 13.0. The van der Waals surface area contributed by atoms with Crippen molar-refractivity contribution in [1.82, 2.24) is 15.1 Å². The minimum absolute atomic E-state index is 0.497. The Kier molecular flexibility index (Phi) is 5.01. The number of hydrogen-bond acceptors (Lipinski definition) is 4. The van der Waals surface area contributed by atoms with Gasteiger partial charge in [-0.25, -0.2) is 4.68 Å². The first-order valence-electron chi connectivity index (χ1n) is 6.69. The lowest BCUT2D eigenvalue weighted by Gasteiger charge is -2.08. The zero-order chi connectivity index (χ0) is 14.4. The normalized spacial score (nSPS) is 10.6. The van der Waals surface area contributed by atoms with Crippen LogP contribution in [0.15, 0.2) is 30.3 Å². The second-order valence-corrected chi connectivity index (χ2v) is 4.62. The zero-order valence-electron chi connectivity index (χ0n) is 12.2. The molecule has 2 aromatic rings. The van der Waals surface area contributed by atoms with Crippen LogP contribution in [0.4, 0.5) is 0 Å². The molecule has 2 rings (SSSR count). The van der Waals surface area contributed by atoms with Crippen LogP contribution in [0.3, 0.4) is 0 Å². The third-order valence-electron chi connectivity index (χ3n) is 2.87. The van der Waals surface area contributed by atoms with Gasteiger partial charge in [-0.15, -0.1) is 0 Å². The maximum Gasteiger partial charge on any atom is 0.211 e. The molecular formula is C15H21N3O2. The molecule has 5 heteroatoms. The van der Waals surface area contributed by atoms with E-state index >= 15 is 0 Å². The van der Waals surface area contributed by atoms with Crippen LogP contribution in [-0.4, -0.2) is 30.0 Å². The molecule has 0 spiro atoms. The first-order valence-corrected chi connectivity index (χ1v) is 6.69. The predicted octanol–water partition coefficient (Wildman–Crippen LogP) is 1.91. The third-order valence-corrected chi connectivity index (χ3v) is 2.87. The Morgan fingerprint density at radius 1 is 1.15 bits per heavy atom. The van der Waals surface area contributed by atoms with Gasteiger partial charge in [0, 0.05) is 19.7 Å². The highest BCUT2D eigenvalue weighted by atomic mass is 16.5. The molecule has 1 aromatic carbocycles. The van der Waals surface area contributed by atoms with E-state index in [9.17, 15) is 0 Å². The van der Waals surface area contributed by atoms with Crippen LogP contribution in [0.1, 0.15) is 11.3 Å². The van der Waals surface area contributed by atoms with Gasteiger partial charge in [0.2, 0.25) is 5.88 Å². The van der Waals surface area contributed by atoms with Crippen LogP contribution in [-0.2, 0) is 13.6 Å². The molecule has 0 unspecified atom stereocenters. The molecule has 0 radical (unpaired) electrons. The molecule has 0 saturated heterocycles. The van der Waals surface area contributed by atoms with E-state index in [-0.39, 0.29) is 0 Å². The van der Waals surface area contributed by atoms with Crippen molar-refractivity contribution < 1.29 is 9.47 Å². The molecule has 0 amide bonds. The summed E-state index contributed by atoms with van der Waals surface area (Å²) in [5.74, 6) is 1.62. The van der Waals surface area contributed by atoms with Crippen LogP contribution < -0.4 is 14.8 Å². The molecule has 0 fully saturated rings. The zero-order valence-corrected chi connectivity index (χ0v) is 12.2. The molecule has 0 bridgehead atoms. The van der Waals surface area contributed by atoms with Crippen molar-refractivity contribution in [2.75, 3.05) is 20.3 Å². The average molecular weight is 275 g/mol. The quantitative estimate of drug-likeness (QED) is 0.784. The summed E-state index contributed by atoms with van der Waals surface area (Å²) in [6.45, 7) is 3.81. The van der Waals surface area contributed by atoms with Crippen molar-refractivity contribution in [3.8, 4) is 11.6 Å². The molecule has 5 nitrogen and oxygen atoms in total. The number of benzene rings is 1. The molecule has 1 aromatic heterocycles. The van der Waals surface area contributed by atoms with E-state index < -0.39 is 0 Å². The second-order valence-electron chi connectivity index (χ2n) is 4.62. The first kappa shape index (κ1) is 14.4. The Morgan fingerprint density at radius 2 is 1.85 bits per heavy atom. The highest BCUT2D eigenvalue weighted by molar-refractivity contribution is 5.27. The van der Waals surface area contributed by atoms with E-state index in [0.29, 0.717) is 13.2 Å². The minimum atomic E-state index is 0.497. The van der Waals surface area contributed by atoms with Gasteiger partial charge >= 0.3 is 0 Å². The third kappa shape index (κ3) is 3.99. The summed E-state index contributed by atoms with van der Waals surface area (Å²) in [6, 6.07) is 9.96. The second kappa shape index (κ2) is 6.96. The van der Waals surface area contributed by atoms with Crippen molar-refractivity contribution in [3.63, 3.8) is 0 Å². The highest BCUT2D eigenvalue weighted by Gasteiger charge is 2.02. The topological polar surface area (TPSA) is 48.3 Å². The molecule has 0 atom stereocenters. The Morgan fingerprint density at radius 3 is 2.45 bits per heavy atom. The van der Waals surface area contributed by atoms with E-state index in [1.807, 2.05) is 39.2 Å². The fraction of sp³-hybridized carbons (Fsp3) is 0.400. The van der Waals surface area contributed by atoms with E-state index in [1.54, 1.807) is 4.68 Å². The minimum Gasteiger partial charge on any atom is -0.490 e. The molecule has 0 aliphatic heterocycles. The number of hydrogen-bond donors (Lipinski definition) is 1. The number of ether oxygens (including phenoxy) is 2. The summed E-state index contributed by atoms with van der Waals surface area (Å²) in [4.78, 5) is 0. The summed E-state index contributed by atoms with van der Waals surface area (Å²) >= 11 is 0. The van der Waals surface area contributed by atoms with Gasteiger partial charge < -0.3 is 14.8 Å². The average Bonchev–Trinajstić information content (AvgIpc) is 2.75. The lowest BCUT2D eigenvalue weighted by Crippen LogP contribution is -2.11. The van der Waals surface area contributed by atoms with Gasteiger partial charge in [-0.05, 0) is 31.7 Å². The number of aryl methyl sites for hydroxylation is 2. The summed E-state index contributed by atoms with van der Waals surface area (Å²) in [5, 5.41) is 7.33. The van der Waals surface area contributed by atoms with E-state index in [0.717, 1.165) is 23.9 Å². The van der Waals surface area contributed by atoms with E-state index in [1.165, 1.54) is 5.56 Å². The number of nitrogens with one attached hydrogen (secondary N) is 1. The van der Waals surface area contributed by atoms with Gasteiger partial charge in [-0.3, -0.25) is 0 Å². The van der Waals surface area contributed by atoms with E-state index in [2.05, 4.69) is 22.5 Å². The van der Waals surface area contributed by atoms with Gasteiger partial charge in [0.25, 0.3) is 0 Å². The largest absolute Gasteiger partial charge is 0.490 e. The number of rotatable bonds is 7. The Labute approximate surface area is 119 Å². The number of nitrogens with zero attached hydrogens (tertiary/aromatic N) is 2. The molecule has 0 aliphatic rings. The number of aromatic nitrogens is 2. The SMILES string of the molecule is CNCc1ccc(OCCOc2cc(C)nn2C)cc1. The summed E-state index contributed by atoms with van der Waals surface area (Å²) in [7, 11) is 3.80. The van der Waals surface area contributed by atoms with Crippen LogP contribution in [0, 0.1) is 6.92 Å². The van der Waals surface area contributed by atoms with Gasteiger partial charge in [-0.1, -0.05) is 12.1 Å². The van der Waals surface area contributed by atoms with Crippen molar-refractivity contribution in [2.24, 2.45) is 7.05 Å². The van der Waals surface area contributed by atoms with Crippen LogP contribution in [0.25, 0.3) is 0 Å². The fourth-order valence-electron chi connectivity index (χ4n) is 1.94. The smallest absolute Gasteiger partial charge is 0.211 e. The summed E-state index contributed by atoms with van der Waals surface area (Å²) in [6.07, 6.45) is 0.